The van der Waals surface area contributed by atoms with Crippen molar-refractivity contribution in [1.82, 2.24) is 0 Å². The normalized spacial score (nSPS) is 16.3. The Kier molecular flexibility index (Phi) is 13.9. The van der Waals surface area contributed by atoms with Crippen molar-refractivity contribution in [2.45, 2.75) is 189 Å². The lowest BCUT2D eigenvalue weighted by Gasteiger charge is -2.49. The Bertz CT molecular complexity index is 4600. The number of fused-ring (bicyclic) bond motifs is 8. The quantitative estimate of drug-likeness (QED) is 0.154. The number of aryl methyl sites for hydroxylation is 1. The van der Waals surface area contributed by atoms with Crippen molar-refractivity contribution in [3.8, 4) is 11.1 Å². The Morgan fingerprint density at radius 3 is 1.12 bits per heavy atom. The summed E-state index contributed by atoms with van der Waals surface area (Å²) in [6.45, 7) is 50.0. The van der Waals surface area contributed by atoms with Crippen molar-refractivity contribution in [3.63, 3.8) is 0 Å². The van der Waals surface area contributed by atoms with E-state index in [1.54, 1.807) is 0 Å². The lowest BCUT2D eigenvalue weighted by Crippen LogP contribution is -2.62. The standard InChI is InChI=1S/C89H96BN3/c1-55-47-69-71(88(18,19)67-33-27-25-31-65(67)86(69,14)15)53-77(55)93-76-46-40-60(85(11,12)13)49-73(76)90-74-52-70-72(89(20,21)68-34-28-26-32-66(68)87(70,16)17)54-78(74)92(75-45-39-59(84(8,9)10)48-64(75)56-29-23-22-24-30-56)79-50-63(51-80(93)81(79)90)91(61-41-35-57(36-42-61)82(2,3)4)62-43-37-58(38-44-62)83(5,6)7/h22-54H,1-21H3. The molecule has 2 heterocycles. The second kappa shape index (κ2) is 20.8. The zero-order valence-corrected chi connectivity index (χ0v) is 59.5. The predicted octanol–water partition coefficient (Wildman–Crippen LogP) is 22.3. The summed E-state index contributed by atoms with van der Waals surface area (Å²) in [6.07, 6.45) is 0. The molecule has 0 saturated carbocycles. The summed E-state index contributed by atoms with van der Waals surface area (Å²) < 4.78 is 0. The fourth-order valence-corrected chi connectivity index (χ4v) is 16.6. The van der Waals surface area contributed by atoms with E-state index in [0.717, 1.165) is 22.7 Å². The molecule has 93 heavy (non-hydrogen) atoms. The monoisotopic (exact) mass is 1220 g/mol. The van der Waals surface area contributed by atoms with Crippen molar-refractivity contribution in [3.05, 3.63) is 273 Å². The van der Waals surface area contributed by atoms with E-state index in [9.17, 15) is 0 Å². The topological polar surface area (TPSA) is 9.72 Å². The maximum Gasteiger partial charge on any atom is 0.252 e. The summed E-state index contributed by atoms with van der Waals surface area (Å²) in [5, 5.41) is 0. The first-order valence-corrected chi connectivity index (χ1v) is 34.3. The van der Waals surface area contributed by atoms with E-state index in [2.05, 4.69) is 360 Å². The van der Waals surface area contributed by atoms with Gasteiger partial charge in [-0.1, -0.05) is 272 Å². The van der Waals surface area contributed by atoms with Gasteiger partial charge in [-0.3, -0.25) is 0 Å². The molecule has 0 amide bonds. The van der Waals surface area contributed by atoms with Gasteiger partial charge in [-0.05, 0) is 190 Å². The van der Waals surface area contributed by atoms with Gasteiger partial charge in [0, 0.05) is 67.0 Å². The van der Waals surface area contributed by atoms with Crippen molar-refractivity contribution in [1.29, 1.82) is 0 Å². The third-order valence-corrected chi connectivity index (χ3v) is 22.3. The molecule has 10 aromatic rings. The number of hydrogen-bond donors (Lipinski definition) is 0. The van der Waals surface area contributed by atoms with Crippen LogP contribution in [0.25, 0.3) is 11.1 Å². The van der Waals surface area contributed by atoms with Crippen LogP contribution in [0.2, 0.25) is 0 Å². The van der Waals surface area contributed by atoms with E-state index in [1.165, 1.54) is 128 Å². The SMILES string of the molecule is Cc1cc2c(cc1N1c3ccc(C(C)(C)C)cc3B3c4cc5c(cc4N(c4ccc(C(C)(C)C)cc4-c4ccccc4)c4cc(N(c6ccc(C(C)(C)C)cc6)c6ccc(C(C)(C)C)cc6)cc1c43)C(C)(C)c1ccccc1C5(C)C)C(C)(C)c1ccccc1C2(C)C. The first kappa shape index (κ1) is 62.1. The van der Waals surface area contributed by atoms with Gasteiger partial charge in [0.05, 0.1) is 11.4 Å². The van der Waals surface area contributed by atoms with Gasteiger partial charge in [0.1, 0.15) is 0 Å². The van der Waals surface area contributed by atoms with Crippen molar-refractivity contribution in [2.24, 2.45) is 0 Å². The molecular formula is C89H96BN3. The van der Waals surface area contributed by atoms with E-state index in [4.69, 9.17) is 0 Å². The molecule has 0 fully saturated rings. The molecule has 0 radical (unpaired) electrons. The van der Waals surface area contributed by atoms with Gasteiger partial charge in [0.15, 0.2) is 0 Å². The molecule has 470 valence electrons. The van der Waals surface area contributed by atoms with E-state index in [1.807, 2.05) is 0 Å². The Morgan fingerprint density at radius 2 is 0.667 bits per heavy atom. The van der Waals surface area contributed by atoms with Gasteiger partial charge >= 0.3 is 0 Å². The van der Waals surface area contributed by atoms with Crippen LogP contribution >= 0.6 is 0 Å². The minimum atomic E-state index is -0.309. The fourth-order valence-electron chi connectivity index (χ4n) is 16.6. The largest absolute Gasteiger partial charge is 0.311 e. The molecule has 0 saturated heterocycles. The molecule has 0 aromatic heterocycles. The van der Waals surface area contributed by atoms with Crippen LogP contribution in [0, 0.1) is 6.92 Å². The molecule has 4 aliphatic rings. The molecule has 0 atom stereocenters. The Balaban J connectivity index is 1.17. The van der Waals surface area contributed by atoms with Gasteiger partial charge in [-0.2, -0.15) is 0 Å². The highest BCUT2D eigenvalue weighted by Crippen LogP contribution is 2.57. The number of hydrogen-bond acceptors (Lipinski definition) is 3. The summed E-state index contributed by atoms with van der Waals surface area (Å²) in [5.41, 5.74) is 33.1. The van der Waals surface area contributed by atoms with Gasteiger partial charge in [0.2, 0.25) is 0 Å². The van der Waals surface area contributed by atoms with Gasteiger partial charge in [-0.25, -0.2) is 0 Å². The van der Waals surface area contributed by atoms with E-state index < -0.39 is 0 Å². The van der Waals surface area contributed by atoms with Crippen LogP contribution in [0.4, 0.5) is 51.2 Å². The van der Waals surface area contributed by atoms with Gasteiger partial charge < -0.3 is 14.7 Å². The van der Waals surface area contributed by atoms with Crippen LogP contribution in [-0.2, 0) is 43.3 Å². The maximum atomic E-state index is 2.73. The summed E-state index contributed by atoms with van der Waals surface area (Å²) in [7, 11) is 0. The average Bonchev–Trinajstić information content (AvgIpc) is 0.684. The number of rotatable bonds is 6. The zero-order valence-electron chi connectivity index (χ0n) is 59.5. The third-order valence-electron chi connectivity index (χ3n) is 22.3. The summed E-state index contributed by atoms with van der Waals surface area (Å²) >= 11 is 0. The maximum absolute atomic E-state index is 2.73. The van der Waals surface area contributed by atoms with E-state index in [0.29, 0.717) is 0 Å². The molecule has 0 unspecified atom stereocenters. The Hall–Kier alpha value is -8.34. The first-order valence-electron chi connectivity index (χ1n) is 34.3. The summed E-state index contributed by atoms with van der Waals surface area (Å²) in [4.78, 5) is 8.00. The highest BCUT2D eigenvalue weighted by atomic mass is 15.2. The number of anilines is 9. The average molecular weight is 1220 g/mol. The van der Waals surface area contributed by atoms with Crippen LogP contribution < -0.4 is 31.1 Å². The van der Waals surface area contributed by atoms with E-state index in [-0.39, 0.29) is 50.0 Å². The van der Waals surface area contributed by atoms with Crippen molar-refractivity contribution >= 4 is 74.3 Å². The molecule has 0 N–H and O–H groups in total. The molecule has 14 rings (SSSR count). The zero-order chi connectivity index (χ0) is 66.2. The first-order chi connectivity index (χ1) is 43.6. The van der Waals surface area contributed by atoms with Gasteiger partial charge in [0.25, 0.3) is 6.71 Å². The minimum absolute atomic E-state index is 0.0278. The molecule has 10 aromatic carbocycles. The lowest BCUT2D eigenvalue weighted by atomic mass is 9.33. The smallest absolute Gasteiger partial charge is 0.252 e. The molecule has 2 aliphatic heterocycles. The Labute approximate surface area is 558 Å². The third kappa shape index (κ3) is 9.71. The highest BCUT2D eigenvalue weighted by molar-refractivity contribution is 7.00. The molecule has 2 aliphatic carbocycles. The van der Waals surface area contributed by atoms with E-state index >= 15 is 0 Å². The number of nitrogens with zero attached hydrogens (tertiary/aromatic N) is 3. The van der Waals surface area contributed by atoms with Crippen LogP contribution in [0.15, 0.2) is 200 Å². The van der Waals surface area contributed by atoms with Crippen molar-refractivity contribution < 1.29 is 0 Å². The highest BCUT2D eigenvalue weighted by Gasteiger charge is 2.50. The molecule has 3 nitrogen and oxygen atoms in total. The second-order valence-electron chi connectivity index (χ2n) is 34.0. The van der Waals surface area contributed by atoms with Crippen LogP contribution in [0.3, 0.4) is 0 Å². The lowest BCUT2D eigenvalue weighted by molar-refractivity contribution is 0.520. The Morgan fingerprint density at radius 1 is 0.301 bits per heavy atom. The van der Waals surface area contributed by atoms with Crippen LogP contribution in [0.5, 0.6) is 0 Å². The van der Waals surface area contributed by atoms with Crippen LogP contribution in [-0.4, -0.2) is 6.71 Å². The minimum Gasteiger partial charge on any atom is -0.311 e. The molecular weight excluding hydrogens is 1120 g/mol. The predicted molar refractivity (Wildman–Crippen MR) is 402 cm³/mol. The second-order valence-corrected chi connectivity index (χ2v) is 34.0. The van der Waals surface area contributed by atoms with Crippen molar-refractivity contribution in [2.75, 3.05) is 14.7 Å². The molecule has 0 bridgehead atoms. The molecule has 4 heteroatoms. The summed E-state index contributed by atoms with van der Waals surface area (Å²) in [6, 6.07) is 79.2. The molecule has 0 spiro atoms. The fraction of sp³-hybridized carbons (Fsp3) is 0.326. The van der Waals surface area contributed by atoms with Gasteiger partial charge in [-0.15, -0.1) is 0 Å². The van der Waals surface area contributed by atoms with Crippen LogP contribution in [0.1, 0.15) is 211 Å². The number of benzene rings is 10. The summed E-state index contributed by atoms with van der Waals surface area (Å²) in [5.74, 6) is 0.